The predicted molar refractivity (Wildman–Crippen MR) is 102 cm³/mol. The largest absolute Gasteiger partial charge is 0.464 e. The molecule has 0 amide bonds. The van der Waals surface area contributed by atoms with Crippen LogP contribution in [0.15, 0.2) is 60.7 Å². The van der Waals surface area contributed by atoms with Crippen LogP contribution in [0, 0.1) is 0 Å². The van der Waals surface area contributed by atoms with Crippen molar-refractivity contribution >= 4 is 5.97 Å². The minimum atomic E-state index is -0.802. The predicted octanol–water partition coefficient (Wildman–Crippen LogP) is 4.42. The highest BCUT2D eigenvalue weighted by Crippen LogP contribution is 2.34. The number of hydrogen-bond donors (Lipinski definition) is 0. The summed E-state index contributed by atoms with van der Waals surface area (Å²) in [6.07, 6.45) is 1.58. The lowest BCUT2D eigenvalue weighted by Gasteiger charge is -2.42. The van der Waals surface area contributed by atoms with Gasteiger partial charge in [0.15, 0.2) is 0 Å². The van der Waals surface area contributed by atoms with Gasteiger partial charge in [-0.05, 0) is 37.6 Å². The molecule has 0 bridgehead atoms. The zero-order valence-electron chi connectivity index (χ0n) is 15.6. The van der Waals surface area contributed by atoms with Gasteiger partial charge in [-0.25, -0.2) is 4.79 Å². The molecule has 0 saturated carbocycles. The zero-order valence-corrected chi connectivity index (χ0v) is 15.6. The molecular weight excluding hydrogens is 310 g/mol. The molecule has 2 aromatic carbocycles. The molecule has 0 aliphatic heterocycles. The second-order valence-electron chi connectivity index (χ2n) is 6.19. The maximum Gasteiger partial charge on any atom is 0.331 e. The lowest BCUT2D eigenvalue weighted by atomic mass is 9.81. The van der Waals surface area contributed by atoms with Gasteiger partial charge in [-0.15, -0.1) is 0 Å². The number of nitrogens with zero attached hydrogens (tertiary/aromatic N) is 1. The molecule has 0 aliphatic carbocycles. The molecule has 3 heteroatoms. The molecule has 25 heavy (non-hydrogen) atoms. The van der Waals surface area contributed by atoms with Crippen LogP contribution in [0.25, 0.3) is 0 Å². The number of carbonyl (C=O) groups excluding carboxylic acids is 1. The Hall–Kier alpha value is -2.13. The lowest BCUT2D eigenvalue weighted by molar-refractivity contribution is -0.159. The van der Waals surface area contributed by atoms with Crippen molar-refractivity contribution in [2.24, 2.45) is 0 Å². The van der Waals surface area contributed by atoms with Crippen molar-refractivity contribution in [2.45, 2.75) is 39.2 Å². The van der Waals surface area contributed by atoms with Crippen LogP contribution < -0.4 is 0 Å². The van der Waals surface area contributed by atoms with Gasteiger partial charge < -0.3 is 4.74 Å². The van der Waals surface area contributed by atoms with E-state index in [0.717, 1.165) is 30.6 Å². The minimum Gasteiger partial charge on any atom is -0.464 e. The molecule has 1 atom stereocenters. The van der Waals surface area contributed by atoms with E-state index in [1.54, 1.807) is 0 Å². The van der Waals surface area contributed by atoms with Gasteiger partial charge in [0.2, 0.25) is 0 Å². The summed E-state index contributed by atoms with van der Waals surface area (Å²) < 4.78 is 5.58. The highest BCUT2D eigenvalue weighted by atomic mass is 16.5. The van der Waals surface area contributed by atoms with E-state index in [0.29, 0.717) is 13.0 Å². The molecule has 2 aromatic rings. The van der Waals surface area contributed by atoms with Crippen LogP contribution in [0.1, 0.15) is 38.3 Å². The molecule has 0 N–H and O–H groups in total. The third kappa shape index (κ3) is 4.29. The fraction of sp³-hybridized carbons (Fsp3) is 0.409. The van der Waals surface area contributed by atoms with Gasteiger partial charge in [0, 0.05) is 6.42 Å². The van der Waals surface area contributed by atoms with Crippen LogP contribution in [0.4, 0.5) is 0 Å². The van der Waals surface area contributed by atoms with Crippen molar-refractivity contribution in [1.82, 2.24) is 4.90 Å². The molecule has 0 fully saturated rings. The smallest absolute Gasteiger partial charge is 0.331 e. The van der Waals surface area contributed by atoms with Gasteiger partial charge in [-0.3, -0.25) is 4.90 Å². The standard InChI is InChI=1S/C22H29NO2/c1-4-17-23(5-2)22(21(24)25-6-3,20-15-11-8-12-16-20)18-19-13-9-7-10-14-19/h7-16H,4-6,17-18H2,1-3H3. The first kappa shape index (κ1) is 19.2. The Kier molecular flexibility index (Phi) is 7.20. The molecule has 2 rings (SSSR count). The number of carbonyl (C=O) groups is 1. The number of rotatable bonds is 9. The molecule has 3 nitrogen and oxygen atoms in total. The Morgan fingerprint density at radius 1 is 0.960 bits per heavy atom. The van der Waals surface area contributed by atoms with Crippen LogP contribution >= 0.6 is 0 Å². The number of likely N-dealkylation sites (N-methyl/N-ethyl adjacent to an activating group) is 1. The monoisotopic (exact) mass is 339 g/mol. The normalized spacial score (nSPS) is 13.4. The average Bonchev–Trinajstić information content (AvgIpc) is 2.66. The summed E-state index contributed by atoms with van der Waals surface area (Å²) >= 11 is 0. The minimum absolute atomic E-state index is 0.166. The molecule has 0 radical (unpaired) electrons. The Bertz CT molecular complexity index is 642. The number of benzene rings is 2. The molecule has 0 spiro atoms. The molecule has 0 aromatic heterocycles. The van der Waals surface area contributed by atoms with Crippen molar-refractivity contribution in [3.63, 3.8) is 0 Å². The summed E-state index contributed by atoms with van der Waals surface area (Å²) in [6, 6.07) is 20.3. The highest BCUT2D eigenvalue weighted by molar-refractivity contribution is 5.83. The Morgan fingerprint density at radius 2 is 1.56 bits per heavy atom. The first-order valence-corrected chi connectivity index (χ1v) is 9.20. The quantitative estimate of drug-likeness (QED) is 0.633. The van der Waals surface area contributed by atoms with Crippen LogP contribution in [-0.2, 0) is 21.5 Å². The SMILES string of the molecule is CCCN(CC)C(Cc1ccccc1)(C(=O)OCC)c1ccccc1. The van der Waals surface area contributed by atoms with Crippen LogP contribution in [0.2, 0.25) is 0 Å². The third-order valence-corrected chi connectivity index (χ3v) is 4.58. The van der Waals surface area contributed by atoms with Crippen molar-refractivity contribution in [3.8, 4) is 0 Å². The van der Waals surface area contributed by atoms with Crippen molar-refractivity contribution in [1.29, 1.82) is 0 Å². The van der Waals surface area contributed by atoms with Gasteiger partial charge >= 0.3 is 5.97 Å². The van der Waals surface area contributed by atoms with Crippen LogP contribution in [-0.4, -0.2) is 30.6 Å². The van der Waals surface area contributed by atoms with E-state index >= 15 is 0 Å². The maximum absolute atomic E-state index is 13.3. The second-order valence-corrected chi connectivity index (χ2v) is 6.19. The zero-order chi connectivity index (χ0) is 18.1. The first-order valence-electron chi connectivity index (χ1n) is 9.20. The molecule has 1 unspecified atom stereocenters. The van der Waals surface area contributed by atoms with E-state index < -0.39 is 5.54 Å². The molecule has 0 heterocycles. The van der Waals surface area contributed by atoms with E-state index in [1.165, 1.54) is 0 Å². The van der Waals surface area contributed by atoms with Gasteiger partial charge in [0.1, 0.15) is 5.54 Å². The van der Waals surface area contributed by atoms with Gasteiger partial charge in [-0.2, -0.15) is 0 Å². The van der Waals surface area contributed by atoms with E-state index in [9.17, 15) is 4.79 Å². The van der Waals surface area contributed by atoms with Gasteiger partial charge in [-0.1, -0.05) is 74.5 Å². The second kappa shape index (κ2) is 9.38. The third-order valence-electron chi connectivity index (χ3n) is 4.58. The Labute approximate surface area is 151 Å². The van der Waals surface area contributed by atoms with Crippen molar-refractivity contribution in [3.05, 3.63) is 71.8 Å². The van der Waals surface area contributed by atoms with Crippen LogP contribution in [0.3, 0.4) is 0 Å². The molecular formula is C22H29NO2. The van der Waals surface area contributed by atoms with Gasteiger partial charge in [0.25, 0.3) is 0 Å². The number of ether oxygens (including phenoxy) is 1. The lowest BCUT2D eigenvalue weighted by Crippen LogP contribution is -2.54. The van der Waals surface area contributed by atoms with Gasteiger partial charge in [0.05, 0.1) is 6.61 Å². The Morgan fingerprint density at radius 3 is 2.08 bits per heavy atom. The van der Waals surface area contributed by atoms with E-state index in [2.05, 4.69) is 30.9 Å². The summed E-state index contributed by atoms with van der Waals surface area (Å²) in [5.41, 5.74) is 1.32. The van der Waals surface area contributed by atoms with E-state index in [-0.39, 0.29) is 5.97 Å². The summed E-state index contributed by atoms with van der Waals surface area (Å²) in [5.74, 6) is -0.166. The average molecular weight is 339 g/mol. The molecule has 0 aliphatic rings. The summed E-state index contributed by atoms with van der Waals surface area (Å²) in [5, 5.41) is 0. The summed E-state index contributed by atoms with van der Waals surface area (Å²) in [4.78, 5) is 15.5. The number of hydrogen-bond acceptors (Lipinski definition) is 3. The van der Waals surface area contributed by atoms with E-state index in [4.69, 9.17) is 4.74 Å². The summed E-state index contributed by atoms with van der Waals surface area (Å²) in [6.45, 7) is 8.13. The fourth-order valence-electron chi connectivity index (χ4n) is 3.46. The Balaban J connectivity index is 2.61. The highest BCUT2D eigenvalue weighted by Gasteiger charge is 2.46. The van der Waals surface area contributed by atoms with Crippen molar-refractivity contribution < 1.29 is 9.53 Å². The first-order chi connectivity index (χ1) is 12.2. The topological polar surface area (TPSA) is 29.5 Å². The number of esters is 1. The molecule has 0 saturated heterocycles. The van der Waals surface area contributed by atoms with E-state index in [1.807, 2.05) is 55.5 Å². The molecule has 134 valence electrons. The van der Waals surface area contributed by atoms with Crippen LogP contribution in [0.5, 0.6) is 0 Å². The fourth-order valence-corrected chi connectivity index (χ4v) is 3.46. The van der Waals surface area contributed by atoms with Crippen molar-refractivity contribution in [2.75, 3.05) is 19.7 Å². The summed E-state index contributed by atoms with van der Waals surface area (Å²) in [7, 11) is 0. The maximum atomic E-state index is 13.3.